The number of hydrogen-bond acceptors (Lipinski definition) is 1. The average Bonchev–Trinajstić information content (AvgIpc) is 3.47. The summed E-state index contributed by atoms with van der Waals surface area (Å²) in [4.78, 5) is 8.32. The number of hydrogen-bond donors (Lipinski definition) is 1. The normalized spacial score (nSPS) is 13.3. The number of fused-ring (bicyclic) bond motifs is 1. The van der Waals surface area contributed by atoms with Crippen LogP contribution in [0.2, 0.25) is 0 Å². The summed E-state index contributed by atoms with van der Waals surface area (Å²) in [6, 6.07) is 9.23. The van der Waals surface area contributed by atoms with Gasteiger partial charge in [-0.2, -0.15) is 0 Å². The maximum Gasteiger partial charge on any atom is 0.0673 e. The number of nitrogens with one attached hydrogen (secondary N) is 1. The Hall–Kier alpha value is -1.80. The predicted octanol–water partition coefficient (Wildman–Crippen LogP) is 8.78. The second-order valence-corrected chi connectivity index (χ2v) is 9.15. The van der Waals surface area contributed by atoms with Crippen LogP contribution in [0.1, 0.15) is 118 Å². The van der Waals surface area contributed by atoms with E-state index in [9.17, 15) is 0 Å². The molecule has 0 unspecified atom stereocenters. The van der Waals surface area contributed by atoms with Crippen LogP contribution in [0.15, 0.2) is 29.3 Å². The summed E-state index contributed by atoms with van der Waals surface area (Å²) in [6.07, 6.45) is 11.8. The molecular weight excluding hydrogens is 436 g/mol. The molecule has 2 nitrogen and oxygen atoms in total. The van der Waals surface area contributed by atoms with Gasteiger partial charge in [-0.15, -0.1) is 12.4 Å². The van der Waals surface area contributed by atoms with Crippen molar-refractivity contribution >= 4 is 29.4 Å². The van der Waals surface area contributed by atoms with Gasteiger partial charge in [0.25, 0.3) is 0 Å². The minimum atomic E-state index is 0. The molecule has 1 aromatic heterocycles. The van der Waals surface area contributed by atoms with E-state index in [-0.39, 0.29) is 12.4 Å². The van der Waals surface area contributed by atoms with Crippen molar-refractivity contribution in [3.63, 3.8) is 0 Å². The Kier molecular flexibility index (Phi) is 16.7. The molecule has 3 heteroatoms. The number of aliphatic imine (C=N–C) groups is 1. The minimum absolute atomic E-state index is 0. The van der Waals surface area contributed by atoms with Gasteiger partial charge in [0.1, 0.15) is 0 Å². The van der Waals surface area contributed by atoms with Crippen molar-refractivity contribution in [2.75, 3.05) is 0 Å². The number of rotatable bonds is 7. The molecule has 1 N–H and O–H groups in total. The Bertz CT molecular complexity index is 987. The van der Waals surface area contributed by atoms with Gasteiger partial charge >= 0.3 is 0 Å². The van der Waals surface area contributed by atoms with Gasteiger partial charge in [0.15, 0.2) is 0 Å². The summed E-state index contributed by atoms with van der Waals surface area (Å²) in [7, 11) is 0. The smallest absolute Gasteiger partial charge is 0.0673 e. The molecule has 0 amide bonds. The van der Waals surface area contributed by atoms with Gasteiger partial charge in [-0.25, -0.2) is 0 Å². The first-order valence-corrected chi connectivity index (χ1v) is 13.4. The Labute approximate surface area is 216 Å². The van der Waals surface area contributed by atoms with E-state index in [4.69, 9.17) is 0 Å². The Morgan fingerprint density at radius 2 is 1.47 bits per heavy atom. The highest BCUT2D eigenvalue weighted by Gasteiger charge is 2.12. The third kappa shape index (κ3) is 9.82. The van der Waals surface area contributed by atoms with Crippen LogP contribution in [0, 0.1) is 0 Å². The summed E-state index contributed by atoms with van der Waals surface area (Å²) in [5, 5.41) is 2.46. The number of aromatic nitrogens is 1. The maximum absolute atomic E-state index is 4.68. The molecule has 0 radical (unpaired) electrons. The van der Waals surface area contributed by atoms with Crippen LogP contribution in [-0.4, -0.2) is 10.7 Å². The van der Waals surface area contributed by atoms with Gasteiger partial charge in [0.2, 0.25) is 0 Å². The highest BCUT2D eigenvalue weighted by molar-refractivity contribution is 5.85. The van der Waals surface area contributed by atoms with Gasteiger partial charge in [-0.05, 0) is 82.2 Å². The van der Waals surface area contributed by atoms with Crippen LogP contribution in [0.3, 0.4) is 0 Å². The van der Waals surface area contributed by atoms with E-state index in [1.165, 1.54) is 84.5 Å². The van der Waals surface area contributed by atoms with Crippen molar-refractivity contribution in [1.29, 1.82) is 0 Å². The van der Waals surface area contributed by atoms with Crippen LogP contribution < -0.4 is 10.6 Å². The van der Waals surface area contributed by atoms with Gasteiger partial charge in [-0.3, -0.25) is 4.99 Å². The lowest BCUT2D eigenvalue weighted by Crippen LogP contribution is -2.26. The summed E-state index contributed by atoms with van der Waals surface area (Å²) < 4.78 is 0. The van der Waals surface area contributed by atoms with E-state index < -0.39 is 0 Å². The van der Waals surface area contributed by atoms with E-state index in [0.717, 1.165) is 23.2 Å². The van der Waals surface area contributed by atoms with Gasteiger partial charge in [-0.1, -0.05) is 84.4 Å². The van der Waals surface area contributed by atoms with Crippen LogP contribution in [0.25, 0.3) is 22.5 Å². The molecule has 0 bridgehead atoms. The summed E-state index contributed by atoms with van der Waals surface area (Å²) in [6.45, 7) is 19.1. The molecule has 3 rings (SSSR count). The highest BCUT2D eigenvalue weighted by atomic mass is 35.5. The van der Waals surface area contributed by atoms with Crippen LogP contribution in [0.5, 0.6) is 0 Å². The quantitative estimate of drug-likeness (QED) is 0.299. The molecule has 0 atom stereocenters. The number of benzene rings is 1. The average molecular weight is 487 g/mol. The van der Waals surface area contributed by atoms with Crippen LogP contribution >= 0.6 is 12.4 Å². The largest absolute Gasteiger partial charge is 0.353 e. The van der Waals surface area contributed by atoms with Crippen molar-refractivity contribution in [3.8, 4) is 11.3 Å². The first-order valence-electron chi connectivity index (χ1n) is 13.4. The zero-order valence-corrected chi connectivity index (χ0v) is 24.3. The number of unbranched alkanes of at least 4 members (excludes halogenated alkanes) is 4. The van der Waals surface area contributed by atoms with Crippen LogP contribution in [0.4, 0.5) is 0 Å². The van der Waals surface area contributed by atoms with Gasteiger partial charge in [0.05, 0.1) is 11.0 Å². The molecule has 1 heterocycles. The standard InChI is InChI=1S/C22H28N2.C7H16.C2H6.ClH/c1-6-15(4)20-13-21(24-22(20)16(5)23-14(2)3)19-11-10-17-8-7-9-18(17)12-19;1-3-5-7-6-4-2;1-2;/h10-13,24H,6-9H2,1-5H3;3-7H2,1-2H3;1-2H3;1H/b20-15+,22-16+;;;. The third-order valence-electron chi connectivity index (χ3n) is 6.18. The number of nitrogens with zero attached hydrogens (tertiary/aromatic N) is 1. The lowest BCUT2D eigenvalue weighted by atomic mass is 10.0. The van der Waals surface area contributed by atoms with Crippen molar-refractivity contribution in [3.05, 3.63) is 46.0 Å². The maximum atomic E-state index is 4.68. The van der Waals surface area contributed by atoms with Crippen molar-refractivity contribution in [1.82, 2.24) is 4.98 Å². The molecular formula is C31H51ClN2. The Balaban J connectivity index is 0.000000942. The number of H-pyrrole nitrogens is 1. The number of halogens is 1. The predicted molar refractivity (Wildman–Crippen MR) is 158 cm³/mol. The lowest BCUT2D eigenvalue weighted by molar-refractivity contribution is 0.656. The molecule has 0 fully saturated rings. The monoisotopic (exact) mass is 486 g/mol. The summed E-state index contributed by atoms with van der Waals surface area (Å²) >= 11 is 0. The van der Waals surface area contributed by atoms with Crippen LogP contribution in [-0.2, 0) is 12.8 Å². The topological polar surface area (TPSA) is 28.1 Å². The summed E-state index contributed by atoms with van der Waals surface area (Å²) in [5.41, 5.74) is 9.08. The number of aromatic amines is 1. The molecule has 192 valence electrons. The fourth-order valence-corrected chi connectivity index (χ4v) is 4.23. The van der Waals surface area contributed by atoms with E-state index in [2.05, 4.69) is 68.9 Å². The molecule has 0 saturated heterocycles. The Morgan fingerprint density at radius 1 is 0.853 bits per heavy atom. The lowest BCUT2D eigenvalue weighted by Gasteiger charge is -2.03. The molecule has 0 spiro atoms. The van der Waals surface area contributed by atoms with Gasteiger partial charge < -0.3 is 4.98 Å². The van der Waals surface area contributed by atoms with E-state index in [0.29, 0.717) is 0 Å². The minimum Gasteiger partial charge on any atom is -0.353 e. The van der Waals surface area contributed by atoms with Crippen molar-refractivity contribution in [2.45, 2.75) is 120 Å². The first kappa shape index (κ1) is 32.2. The molecule has 1 aliphatic rings. The fraction of sp³-hybridized carbons (Fsp3) is 0.581. The molecule has 1 aliphatic carbocycles. The fourth-order valence-electron chi connectivity index (χ4n) is 4.23. The zero-order valence-electron chi connectivity index (χ0n) is 23.5. The highest BCUT2D eigenvalue weighted by Crippen LogP contribution is 2.26. The van der Waals surface area contributed by atoms with E-state index in [1.807, 2.05) is 27.7 Å². The van der Waals surface area contributed by atoms with Crippen molar-refractivity contribution in [2.24, 2.45) is 4.99 Å². The molecule has 1 aromatic carbocycles. The molecule has 0 saturated carbocycles. The van der Waals surface area contributed by atoms with Gasteiger partial charge in [0, 0.05) is 16.6 Å². The molecule has 34 heavy (non-hydrogen) atoms. The SMILES string of the molecule is CC.CC/C(C)=c1\cc(-c2ccc3c(c2)CCC3)[nH]\c1=C(/C)N=C(C)C.CCCCCCC.Cl. The summed E-state index contributed by atoms with van der Waals surface area (Å²) in [5.74, 6) is 0. The second-order valence-electron chi connectivity index (χ2n) is 9.15. The van der Waals surface area contributed by atoms with Crippen molar-refractivity contribution < 1.29 is 0 Å². The Morgan fingerprint density at radius 3 is 2.03 bits per heavy atom. The second kappa shape index (κ2) is 17.6. The third-order valence-corrected chi connectivity index (χ3v) is 6.18. The van der Waals surface area contributed by atoms with E-state index in [1.54, 1.807) is 0 Å². The van der Waals surface area contributed by atoms with E-state index >= 15 is 0 Å². The molecule has 0 aliphatic heterocycles. The molecule has 2 aromatic rings. The first-order chi connectivity index (χ1) is 15.9. The zero-order chi connectivity index (χ0) is 24.8. The number of aryl methyl sites for hydroxylation is 2.